The molecular formula is C42H54N4O6. The molecule has 10 nitrogen and oxygen atoms in total. The van der Waals surface area contributed by atoms with E-state index in [0.717, 1.165) is 35.5 Å². The van der Waals surface area contributed by atoms with Crippen LogP contribution in [0, 0.1) is 0 Å². The maximum atomic E-state index is 6.17. The van der Waals surface area contributed by atoms with Gasteiger partial charge in [-0.2, -0.15) is 0 Å². The van der Waals surface area contributed by atoms with Crippen molar-refractivity contribution in [2.75, 3.05) is 26.4 Å². The van der Waals surface area contributed by atoms with Crippen LogP contribution in [-0.4, -0.2) is 46.8 Å². The molecule has 5 rings (SSSR count). The summed E-state index contributed by atoms with van der Waals surface area (Å²) in [5.74, 6) is 4.09. The zero-order valence-electron chi connectivity index (χ0n) is 31.3. The Hall–Kier alpha value is -4.86. The third kappa shape index (κ3) is 11.1. The van der Waals surface area contributed by atoms with E-state index in [2.05, 4.69) is 34.2 Å². The van der Waals surface area contributed by atoms with Gasteiger partial charge in [-0.3, -0.25) is 0 Å². The summed E-state index contributed by atoms with van der Waals surface area (Å²) in [6, 6.07) is 19.1. The molecule has 0 aliphatic heterocycles. The fraction of sp³-hybridized carbons (Fsp3) is 0.476. The van der Waals surface area contributed by atoms with Crippen LogP contribution >= 0.6 is 0 Å². The summed E-state index contributed by atoms with van der Waals surface area (Å²) in [5, 5.41) is 17.4. The normalized spacial score (nSPS) is 11.2. The summed E-state index contributed by atoms with van der Waals surface area (Å²) in [6.45, 7) is 10.6. The third-order valence-corrected chi connectivity index (χ3v) is 8.73. The Morgan fingerprint density at radius 1 is 0.423 bits per heavy atom. The molecule has 0 saturated heterocycles. The minimum absolute atomic E-state index is 0.305. The van der Waals surface area contributed by atoms with Crippen LogP contribution in [0.4, 0.5) is 0 Å². The van der Waals surface area contributed by atoms with Gasteiger partial charge in [0.1, 0.15) is 23.0 Å². The second kappa shape index (κ2) is 20.9. The van der Waals surface area contributed by atoms with Crippen LogP contribution in [0.2, 0.25) is 0 Å². The zero-order chi connectivity index (χ0) is 36.4. The summed E-state index contributed by atoms with van der Waals surface area (Å²) in [4.78, 5) is 0. The van der Waals surface area contributed by atoms with Gasteiger partial charge in [0.25, 0.3) is 11.8 Å². The SMILES string of the molecule is CCCCCCCCOc1ccc(-c2nnc(-c3cc(OCC)c(-c4nnc(-c5ccc(OCCCCCCCC)cc5)o4)cc3OCC)o2)cc1. The Balaban J connectivity index is 1.26. The van der Waals surface area contributed by atoms with Gasteiger partial charge in [0.05, 0.1) is 37.6 Å². The van der Waals surface area contributed by atoms with E-state index in [4.69, 9.17) is 27.8 Å². The van der Waals surface area contributed by atoms with E-state index in [1.54, 1.807) is 0 Å². The van der Waals surface area contributed by atoms with Gasteiger partial charge < -0.3 is 27.8 Å². The molecule has 3 aromatic carbocycles. The lowest BCUT2D eigenvalue weighted by molar-refractivity contribution is 0.304. The lowest BCUT2D eigenvalue weighted by Gasteiger charge is -2.13. The number of unbranched alkanes of at least 4 members (excludes halogenated alkanes) is 10. The highest BCUT2D eigenvalue weighted by molar-refractivity contribution is 5.76. The van der Waals surface area contributed by atoms with E-state index in [9.17, 15) is 0 Å². The van der Waals surface area contributed by atoms with Gasteiger partial charge in [-0.05, 0) is 87.4 Å². The second-order valence-corrected chi connectivity index (χ2v) is 12.8. The van der Waals surface area contributed by atoms with Gasteiger partial charge in [0.2, 0.25) is 11.8 Å². The summed E-state index contributed by atoms with van der Waals surface area (Å²) < 4.78 is 36.3. The molecule has 0 saturated carbocycles. The summed E-state index contributed by atoms with van der Waals surface area (Å²) in [5.41, 5.74) is 2.79. The van der Waals surface area contributed by atoms with Gasteiger partial charge >= 0.3 is 0 Å². The molecular weight excluding hydrogens is 656 g/mol. The molecule has 2 heterocycles. The first-order chi connectivity index (χ1) is 25.6. The zero-order valence-corrected chi connectivity index (χ0v) is 31.3. The Bertz CT molecular complexity index is 1620. The van der Waals surface area contributed by atoms with Crippen molar-refractivity contribution in [3.05, 3.63) is 60.7 Å². The minimum atomic E-state index is 0.305. The molecule has 0 unspecified atom stereocenters. The monoisotopic (exact) mass is 710 g/mol. The average molecular weight is 711 g/mol. The summed E-state index contributed by atoms with van der Waals surface area (Å²) in [7, 11) is 0. The molecule has 0 bridgehead atoms. The Labute approximate surface area is 308 Å². The molecule has 52 heavy (non-hydrogen) atoms. The molecule has 5 aromatic rings. The predicted octanol–water partition coefficient (Wildman–Crippen LogP) is 11.4. The first-order valence-electron chi connectivity index (χ1n) is 19.2. The van der Waals surface area contributed by atoms with Crippen molar-refractivity contribution in [2.45, 2.75) is 105 Å². The average Bonchev–Trinajstić information content (AvgIpc) is 3.87. The molecule has 10 heteroatoms. The van der Waals surface area contributed by atoms with Crippen LogP contribution in [0.5, 0.6) is 23.0 Å². The number of hydrogen-bond donors (Lipinski definition) is 0. The number of nitrogens with zero attached hydrogens (tertiary/aromatic N) is 4. The van der Waals surface area contributed by atoms with Gasteiger partial charge in [-0.15, -0.1) is 20.4 Å². The quantitative estimate of drug-likeness (QED) is 0.0573. The number of benzene rings is 3. The van der Waals surface area contributed by atoms with Crippen molar-refractivity contribution in [1.82, 2.24) is 20.4 Å². The largest absolute Gasteiger partial charge is 0.494 e. The van der Waals surface area contributed by atoms with E-state index in [1.807, 2.05) is 74.5 Å². The van der Waals surface area contributed by atoms with Crippen molar-refractivity contribution in [1.29, 1.82) is 0 Å². The third-order valence-electron chi connectivity index (χ3n) is 8.73. The van der Waals surface area contributed by atoms with Crippen LogP contribution in [0.1, 0.15) is 105 Å². The Morgan fingerprint density at radius 2 is 0.788 bits per heavy atom. The van der Waals surface area contributed by atoms with Crippen molar-refractivity contribution < 1.29 is 27.8 Å². The van der Waals surface area contributed by atoms with Gasteiger partial charge in [0.15, 0.2) is 0 Å². The van der Waals surface area contributed by atoms with Crippen LogP contribution in [0.25, 0.3) is 45.8 Å². The molecule has 0 aliphatic carbocycles. The summed E-state index contributed by atoms with van der Waals surface area (Å²) >= 11 is 0. The lowest BCUT2D eigenvalue weighted by atomic mass is 10.1. The fourth-order valence-electron chi connectivity index (χ4n) is 5.87. The predicted molar refractivity (Wildman–Crippen MR) is 204 cm³/mol. The lowest BCUT2D eigenvalue weighted by Crippen LogP contribution is -1.99. The molecule has 0 atom stereocenters. The van der Waals surface area contributed by atoms with E-state index in [0.29, 0.717) is 72.6 Å². The van der Waals surface area contributed by atoms with Crippen molar-refractivity contribution in [3.63, 3.8) is 0 Å². The highest BCUT2D eigenvalue weighted by Crippen LogP contribution is 2.41. The van der Waals surface area contributed by atoms with Gasteiger partial charge in [-0.25, -0.2) is 0 Å². The van der Waals surface area contributed by atoms with E-state index >= 15 is 0 Å². The second-order valence-electron chi connectivity index (χ2n) is 12.8. The fourth-order valence-corrected chi connectivity index (χ4v) is 5.87. The minimum Gasteiger partial charge on any atom is -0.494 e. The first kappa shape index (κ1) is 38.4. The highest BCUT2D eigenvalue weighted by Gasteiger charge is 2.23. The van der Waals surface area contributed by atoms with Gasteiger partial charge in [-0.1, -0.05) is 78.1 Å². The smallest absolute Gasteiger partial charge is 0.252 e. The maximum absolute atomic E-state index is 6.17. The Kier molecular flexibility index (Phi) is 15.4. The van der Waals surface area contributed by atoms with Crippen LogP contribution < -0.4 is 18.9 Å². The molecule has 0 radical (unpaired) electrons. The molecule has 0 fully saturated rings. The van der Waals surface area contributed by atoms with E-state index < -0.39 is 0 Å². The van der Waals surface area contributed by atoms with E-state index in [1.165, 1.54) is 64.2 Å². The van der Waals surface area contributed by atoms with Crippen molar-refractivity contribution in [2.24, 2.45) is 0 Å². The molecule has 0 N–H and O–H groups in total. The highest BCUT2D eigenvalue weighted by atomic mass is 16.5. The summed E-state index contributed by atoms with van der Waals surface area (Å²) in [6.07, 6.45) is 14.7. The molecule has 278 valence electrons. The molecule has 0 amide bonds. The van der Waals surface area contributed by atoms with E-state index in [-0.39, 0.29) is 0 Å². The molecule has 2 aromatic heterocycles. The molecule has 0 aliphatic rings. The maximum Gasteiger partial charge on any atom is 0.252 e. The number of hydrogen-bond acceptors (Lipinski definition) is 10. The van der Waals surface area contributed by atoms with Crippen LogP contribution in [-0.2, 0) is 0 Å². The molecule has 0 spiro atoms. The number of aromatic nitrogens is 4. The van der Waals surface area contributed by atoms with Crippen molar-refractivity contribution >= 4 is 0 Å². The van der Waals surface area contributed by atoms with Gasteiger partial charge in [0, 0.05) is 11.1 Å². The standard InChI is InChI=1S/C42H54N4O6/c1-5-9-11-13-15-17-27-49-33-23-19-31(20-24-33)39-43-45-41(51-39)35-29-38(48-8-4)36(30-37(35)47-7-3)42-46-44-40(52-42)32-21-25-34(26-22-32)50-28-18-16-14-12-10-6-2/h19-26,29-30H,5-18,27-28H2,1-4H3. The number of ether oxygens (including phenoxy) is 4. The van der Waals surface area contributed by atoms with Crippen LogP contribution in [0.3, 0.4) is 0 Å². The van der Waals surface area contributed by atoms with Crippen molar-refractivity contribution in [3.8, 4) is 68.8 Å². The van der Waals surface area contributed by atoms with Crippen LogP contribution in [0.15, 0.2) is 69.5 Å². The topological polar surface area (TPSA) is 115 Å². The first-order valence-corrected chi connectivity index (χ1v) is 19.2. The Morgan fingerprint density at radius 3 is 1.17 bits per heavy atom. The number of rotatable bonds is 24.